The Balaban J connectivity index is 2.16. The fourth-order valence-electron chi connectivity index (χ4n) is 1.73. The number of nitrogens with two attached hydrogens (primary N) is 1. The van der Waals surface area contributed by atoms with E-state index in [4.69, 9.17) is 10.8 Å². The molecule has 1 aliphatic rings. The van der Waals surface area contributed by atoms with Crippen molar-refractivity contribution < 1.29 is 9.90 Å². The summed E-state index contributed by atoms with van der Waals surface area (Å²) in [5.41, 5.74) is 5.43. The summed E-state index contributed by atoms with van der Waals surface area (Å²) in [5, 5.41) is 8.61. The number of rotatable bonds is 4. The third kappa shape index (κ3) is 3.64. The molecule has 1 atom stereocenters. The van der Waals surface area contributed by atoms with Crippen molar-refractivity contribution in [2.45, 2.75) is 32.2 Å². The molecule has 1 saturated heterocycles. The second-order valence-electron chi connectivity index (χ2n) is 4.26. The zero-order valence-electron chi connectivity index (χ0n) is 8.78. The Bertz CT molecular complexity index is 189. The largest absolute Gasteiger partial charge is 0.480 e. The number of nitrogens with zero attached hydrogens (tertiary/aromatic N) is 1. The van der Waals surface area contributed by atoms with Gasteiger partial charge in [-0.05, 0) is 38.3 Å². The molecule has 3 N–H and O–H groups in total. The number of hydrogen-bond acceptors (Lipinski definition) is 3. The van der Waals surface area contributed by atoms with E-state index in [2.05, 4.69) is 11.8 Å². The maximum Gasteiger partial charge on any atom is 0.320 e. The zero-order valence-corrected chi connectivity index (χ0v) is 8.78. The highest BCUT2D eigenvalue weighted by atomic mass is 16.4. The van der Waals surface area contributed by atoms with Crippen LogP contribution in [0.25, 0.3) is 0 Å². The first-order chi connectivity index (χ1) is 6.59. The number of aliphatic carboxylic acids is 1. The van der Waals surface area contributed by atoms with Crippen LogP contribution in [0.1, 0.15) is 26.2 Å². The summed E-state index contributed by atoms with van der Waals surface area (Å²) < 4.78 is 0. The van der Waals surface area contributed by atoms with Crippen molar-refractivity contribution in [3.63, 3.8) is 0 Å². The summed E-state index contributed by atoms with van der Waals surface area (Å²) >= 11 is 0. The van der Waals surface area contributed by atoms with Gasteiger partial charge in [0.05, 0.1) is 0 Å². The lowest BCUT2D eigenvalue weighted by molar-refractivity contribution is -0.138. The molecule has 0 radical (unpaired) electrons. The van der Waals surface area contributed by atoms with Gasteiger partial charge in [0.1, 0.15) is 6.04 Å². The van der Waals surface area contributed by atoms with Crippen LogP contribution >= 0.6 is 0 Å². The number of piperidine rings is 1. The first-order valence-electron chi connectivity index (χ1n) is 5.30. The van der Waals surface area contributed by atoms with Crippen molar-refractivity contribution in [1.82, 2.24) is 4.90 Å². The number of hydrogen-bond donors (Lipinski definition) is 2. The van der Waals surface area contributed by atoms with Gasteiger partial charge in [-0.15, -0.1) is 0 Å². The Morgan fingerprint density at radius 2 is 2.14 bits per heavy atom. The molecule has 1 aliphatic heterocycles. The molecule has 14 heavy (non-hydrogen) atoms. The van der Waals surface area contributed by atoms with Crippen LogP contribution in [-0.2, 0) is 4.79 Å². The highest BCUT2D eigenvalue weighted by molar-refractivity contribution is 5.72. The van der Waals surface area contributed by atoms with Crippen LogP contribution in [-0.4, -0.2) is 41.7 Å². The van der Waals surface area contributed by atoms with Gasteiger partial charge in [0.2, 0.25) is 0 Å². The van der Waals surface area contributed by atoms with E-state index < -0.39 is 12.0 Å². The third-order valence-corrected chi connectivity index (χ3v) is 2.95. The van der Waals surface area contributed by atoms with Gasteiger partial charge >= 0.3 is 5.97 Å². The summed E-state index contributed by atoms with van der Waals surface area (Å²) in [6.07, 6.45) is 3.01. The second kappa shape index (κ2) is 5.32. The van der Waals surface area contributed by atoms with Crippen molar-refractivity contribution in [3.05, 3.63) is 0 Å². The van der Waals surface area contributed by atoms with E-state index in [9.17, 15) is 4.79 Å². The molecule has 4 heteroatoms. The van der Waals surface area contributed by atoms with Crippen molar-refractivity contribution in [1.29, 1.82) is 0 Å². The standard InChI is InChI=1S/C10H20N2O2/c1-8-2-5-12(6-3-8)7-4-9(11)10(13)14/h8-9H,2-7,11H2,1H3,(H,13,14)/t9-/m1/s1. The van der Waals surface area contributed by atoms with E-state index >= 15 is 0 Å². The molecular formula is C10H20N2O2. The molecule has 4 nitrogen and oxygen atoms in total. The summed E-state index contributed by atoms with van der Waals surface area (Å²) in [6, 6.07) is -0.700. The molecule has 0 aromatic rings. The molecule has 0 aromatic carbocycles. The molecule has 0 bridgehead atoms. The van der Waals surface area contributed by atoms with E-state index in [0.29, 0.717) is 6.42 Å². The molecule has 1 heterocycles. The topological polar surface area (TPSA) is 66.6 Å². The molecule has 0 aliphatic carbocycles. The average Bonchev–Trinajstić information content (AvgIpc) is 2.16. The van der Waals surface area contributed by atoms with Gasteiger partial charge < -0.3 is 15.7 Å². The fraction of sp³-hybridized carbons (Fsp3) is 0.900. The van der Waals surface area contributed by atoms with Gasteiger partial charge in [-0.3, -0.25) is 4.79 Å². The SMILES string of the molecule is CC1CCN(CC[C@@H](N)C(=O)O)CC1. The lowest BCUT2D eigenvalue weighted by Crippen LogP contribution is -2.38. The number of likely N-dealkylation sites (tertiary alicyclic amines) is 1. The minimum Gasteiger partial charge on any atom is -0.480 e. The predicted molar refractivity (Wildman–Crippen MR) is 55.1 cm³/mol. The van der Waals surface area contributed by atoms with Crippen LogP contribution in [0, 0.1) is 5.92 Å². The quantitative estimate of drug-likeness (QED) is 0.694. The van der Waals surface area contributed by atoms with Gasteiger partial charge in [0.25, 0.3) is 0 Å². The number of carbonyl (C=O) groups is 1. The van der Waals surface area contributed by atoms with Gasteiger partial charge in [-0.25, -0.2) is 0 Å². The number of carboxylic acids is 1. The monoisotopic (exact) mass is 200 g/mol. The van der Waals surface area contributed by atoms with E-state index in [-0.39, 0.29) is 0 Å². The molecule has 0 spiro atoms. The minimum absolute atomic E-state index is 0.559. The Kier molecular flexibility index (Phi) is 4.35. The summed E-state index contributed by atoms with van der Waals surface area (Å²) in [7, 11) is 0. The maximum atomic E-state index is 10.5. The van der Waals surface area contributed by atoms with Gasteiger partial charge in [-0.1, -0.05) is 6.92 Å². The molecule has 0 aromatic heterocycles. The molecule has 0 saturated carbocycles. The van der Waals surface area contributed by atoms with Crippen molar-refractivity contribution in [2.75, 3.05) is 19.6 Å². The predicted octanol–water partition coefficient (Wildman–Crippen LogP) is 0.520. The lowest BCUT2D eigenvalue weighted by Gasteiger charge is -2.30. The molecule has 1 rings (SSSR count). The third-order valence-electron chi connectivity index (χ3n) is 2.95. The van der Waals surface area contributed by atoms with E-state index in [0.717, 1.165) is 25.6 Å². The van der Waals surface area contributed by atoms with Crippen LogP contribution in [0.4, 0.5) is 0 Å². The smallest absolute Gasteiger partial charge is 0.320 e. The first-order valence-corrected chi connectivity index (χ1v) is 5.30. The number of carboxylic acid groups (broad SMARTS) is 1. The molecule has 0 unspecified atom stereocenters. The van der Waals surface area contributed by atoms with Crippen LogP contribution < -0.4 is 5.73 Å². The Hall–Kier alpha value is -0.610. The minimum atomic E-state index is -0.893. The Morgan fingerprint density at radius 3 is 2.64 bits per heavy atom. The Morgan fingerprint density at radius 1 is 1.57 bits per heavy atom. The van der Waals surface area contributed by atoms with E-state index in [1.165, 1.54) is 12.8 Å². The molecule has 1 fully saturated rings. The van der Waals surface area contributed by atoms with Gasteiger partial charge in [0, 0.05) is 6.54 Å². The van der Waals surface area contributed by atoms with Crippen molar-refractivity contribution in [2.24, 2.45) is 11.7 Å². The maximum absolute atomic E-state index is 10.5. The fourth-order valence-corrected chi connectivity index (χ4v) is 1.73. The van der Waals surface area contributed by atoms with E-state index in [1.54, 1.807) is 0 Å². The van der Waals surface area contributed by atoms with Crippen LogP contribution in [0.2, 0.25) is 0 Å². The van der Waals surface area contributed by atoms with Crippen molar-refractivity contribution in [3.8, 4) is 0 Å². The van der Waals surface area contributed by atoms with Crippen LogP contribution in [0.5, 0.6) is 0 Å². The van der Waals surface area contributed by atoms with Gasteiger partial charge in [0.15, 0.2) is 0 Å². The highest BCUT2D eigenvalue weighted by Crippen LogP contribution is 2.15. The summed E-state index contributed by atoms with van der Waals surface area (Å²) in [6.45, 7) is 5.27. The molecule has 0 amide bonds. The molecular weight excluding hydrogens is 180 g/mol. The molecule has 82 valence electrons. The highest BCUT2D eigenvalue weighted by Gasteiger charge is 2.17. The van der Waals surface area contributed by atoms with Crippen LogP contribution in [0.3, 0.4) is 0 Å². The normalized spacial score (nSPS) is 22.1. The lowest BCUT2D eigenvalue weighted by atomic mass is 9.99. The average molecular weight is 200 g/mol. The first kappa shape index (κ1) is 11.5. The van der Waals surface area contributed by atoms with E-state index in [1.807, 2.05) is 0 Å². The summed E-state index contributed by atoms with van der Waals surface area (Å²) in [4.78, 5) is 12.8. The Labute approximate surface area is 85.1 Å². The van der Waals surface area contributed by atoms with Gasteiger partial charge in [-0.2, -0.15) is 0 Å². The van der Waals surface area contributed by atoms with Crippen molar-refractivity contribution >= 4 is 5.97 Å². The van der Waals surface area contributed by atoms with Crippen LogP contribution in [0.15, 0.2) is 0 Å². The second-order valence-corrected chi connectivity index (χ2v) is 4.26. The summed E-state index contributed by atoms with van der Waals surface area (Å²) in [5.74, 6) is -0.0743. The zero-order chi connectivity index (χ0) is 10.6.